The van der Waals surface area contributed by atoms with Crippen LogP contribution in [-0.2, 0) is 16.9 Å². The number of esters is 1. The predicted octanol–water partition coefficient (Wildman–Crippen LogP) is 5.09. The summed E-state index contributed by atoms with van der Waals surface area (Å²) in [7, 11) is 0. The zero-order valence-electron chi connectivity index (χ0n) is 17.3. The second-order valence-corrected chi connectivity index (χ2v) is 8.75. The molecule has 31 heavy (non-hydrogen) atoms. The first-order valence-electron chi connectivity index (χ1n) is 9.93. The number of rotatable bonds is 8. The number of thioether (sulfide) groups is 1. The lowest BCUT2D eigenvalue weighted by atomic mass is 10.1. The quantitative estimate of drug-likeness (QED) is 0.275. The first-order valence-corrected chi connectivity index (χ1v) is 11.8. The van der Waals surface area contributed by atoms with E-state index in [1.165, 1.54) is 22.5 Å². The molecule has 0 N–H and O–H groups in total. The molecule has 2 aromatic heterocycles. The molecule has 4 rings (SSSR count). The van der Waals surface area contributed by atoms with Crippen LogP contribution < -0.4 is 0 Å². The highest BCUT2D eigenvalue weighted by molar-refractivity contribution is 7.98. The lowest BCUT2D eigenvalue weighted by Crippen LogP contribution is -2.05. The minimum absolute atomic E-state index is 0.338. The number of benzene rings is 2. The van der Waals surface area contributed by atoms with Gasteiger partial charge >= 0.3 is 5.97 Å². The molecule has 0 atom stereocenters. The summed E-state index contributed by atoms with van der Waals surface area (Å²) in [5.74, 6) is 1.09. The zero-order chi connectivity index (χ0) is 21.6. The van der Waals surface area contributed by atoms with Gasteiger partial charge in [0.05, 0.1) is 12.4 Å². The fourth-order valence-corrected chi connectivity index (χ4v) is 4.79. The Labute approximate surface area is 189 Å². The van der Waals surface area contributed by atoms with Crippen LogP contribution in [0, 0.1) is 6.92 Å². The molecule has 2 heterocycles. The van der Waals surface area contributed by atoms with Crippen molar-refractivity contribution >= 4 is 29.1 Å². The van der Waals surface area contributed by atoms with Crippen molar-refractivity contribution in [3.05, 3.63) is 87.6 Å². The highest BCUT2D eigenvalue weighted by Crippen LogP contribution is 2.27. The fourth-order valence-electron chi connectivity index (χ4n) is 3.04. The van der Waals surface area contributed by atoms with Crippen LogP contribution in [0.3, 0.4) is 0 Å². The minimum Gasteiger partial charge on any atom is -0.461 e. The van der Waals surface area contributed by atoms with E-state index >= 15 is 0 Å². The SMILES string of the molecule is CCOC(=O)c1csc(CSc2nnc(Cc3ccccc3)n2-c2ccc(C)cc2)n1. The summed E-state index contributed by atoms with van der Waals surface area (Å²) in [6, 6.07) is 18.6. The number of aryl methyl sites for hydroxylation is 1. The molecule has 0 aliphatic rings. The maximum Gasteiger partial charge on any atom is 0.357 e. The van der Waals surface area contributed by atoms with Gasteiger partial charge < -0.3 is 4.74 Å². The standard InChI is InChI=1S/C23H22N4O2S2/c1-3-29-22(28)19-14-30-21(24-19)15-31-23-26-25-20(13-17-7-5-4-6-8-17)27(23)18-11-9-16(2)10-12-18/h4-12,14H,3,13,15H2,1-2H3. The van der Waals surface area contributed by atoms with Crippen LogP contribution >= 0.6 is 23.1 Å². The van der Waals surface area contributed by atoms with Gasteiger partial charge in [-0.3, -0.25) is 4.57 Å². The summed E-state index contributed by atoms with van der Waals surface area (Å²) < 4.78 is 7.12. The van der Waals surface area contributed by atoms with E-state index in [1.54, 1.807) is 24.1 Å². The number of carbonyl (C=O) groups excluding carboxylic acids is 1. The molecule has 6 nitrogen and oxygen atoms in total. The van der Waals surface area contributed by atoms with Crippen LogP contribution in [0.4, 0.5) is 0 Å². The van der Waals surface area contributed by atoms with Gasteiger partial charge in [0.25, 0.3) is 0 Å². The van der Waals surface area contributed by atoms with E-state index in [1.807, 2.05) is 18.2 Å². The number of thiazole rings is 1. The van der Waals surface area contributed by atoms with Gasteiger partial charge in [0.15, 0.2) is 10.9 Å². The van der Waals surface area contributed by atoms with E-state index in [-0.39, 0.29) is 5.97 Å². The summed E-state index contributed by atoms with van der Waals surface area (Å²) in [6.07, 6.45) is 0.687. The Balaban J connectivity index is 1.58. The second kappa shape index (κ2) is 9.89. The Morgan fingerprint density at radius 2 is 1.87 bits per heavy atom. The Kier molecular flexibility index (Phi) is 6.79. The molecular formula is C23H22N4O2S2. The van der Waals surface area contributed by atoms with Gasteiger partial charge in [-0.1, -0.05) is 59.8 Å². The Bertz CT molecular complexity index is 1150. The summed E-state index contributed by atoms with van der Waals surface area (Å²) in [6.45, 7) is 4.19. The molecule has 0 spiro atoms. The molecule has 0 fully saturated rings. The van der Waals surface area contributed by atoms with Crippen LogP contribution in [-0.4, -0.2) is 32.3 Å². The second-order valence-electron chi connectivity index (χ2n) is 6.87. The summed E-state index contributed by atoms with van der Waals surface area (Å²) in [5, 5.41) is 12.3. The number of nitrogens with zero attached hydrogens (tertiary/aromatic N) is 4. The predicted molar refractivity (Wildman–Crippen MR) is 123 cm³/mol. The summed E-state index contributed by atoms with van der Waals surface area (Å²) in [5.41, 5.74) is 3.76. The van der Waals surface area contributed by atoms with E-state index in [0.717, 1.165) is 21.7 Å². The number of carbonyl (C=O) groups is 1. The maximum absolute atomic E-state index is 11.9. The van der Waals surface area contributed by atoms with Gasteiger partial charge in [-0.05, 0) is 31.5 Å². The molecule has 4 aromatic rings. The van der Waals surface area contributed by atoms with Crippen molar-refractivity contribution in [1.82, 2.24) is 19.7 Å². The maximum atomic E-state index is 11.9. The average molecular weight is 451 g/mol. The van der Waals surface area contributed by atoms with Gasteiger partial charge in [0.2, 0.25) is 0 Å². The van der Waals surface area contributed by atoms with Gasteiger partial charge in [0.1, 0.15) is 10.8 Å². The zero-order valence-corrected chi connectivity index (χ0v) is 18.9. The van der Waals surface area contributed by atoms with Crippen molar-refractivity contribution in [3.8, 4) is 5.69 Å². The van der Waals surface area contributed by atoms with Crippen LogP contribution in [0.25, 0.3) is 5.69 Å². The molecule has 0 radical (unpaired) electrons. The minimum atomic E-state index is -0.386. The average Bonchev–Trinajstić information content (AvgIpc) is 3.41. The third-order valence-corrected chi connectivity index (χ3v) is 6.53. The molecule has 0 aliphatic carbocycles. The molecule has 8 heteroatoms. The monoisotopic (exact) mass is 450 g/mol. The smallest absolute Gasteiger partial charge is 0.357 e. The Hall–Kier alpha value is -2.97. The van der Waals surface area contributed by atoms with Crippen molar-refractivity contribution < 1.29 is 9.53 Å². The Morgan fingerprint density at radius 3 is 2.61 bits per heavy atom. The fraction of sp³-hybridized carbons (Fsp3) is 0.217. The molecular weight excluding hydrogens is 428 g/mol. The number of aromatic nitrogens is 4. The topological polar surface area (TPSA) is 69.9 Å². The molecule has 0 unspecified atom stereocenters. The van der Waals surface area contributed by atoms with Crippen molar-refractivity contribution in [2.45, 2.75) is 31.2 Å². The van der Waals surface area contributed by atoms with Gasteiger partial charge in [-0.15, -0.1) is 21.5 Å². The van der Waals surface area contributed by atoms with E-state index in [9.17, 15) is 4.79 Å². The molecule has 0 saturated carbocycles. The molecule has 0 amide bonds. The van der Waals surface area contributed by atoms with E-state index in [4.69, 9.17) is 4.74 Å². The van der Waals surface area contributed by atoms with Crippen LogP contribution in [0.5, 0.6) is 0 Å². The molecule has 2 aromatic carbocycles. The number of hydrogen-bond donors (Lipinski definition) is 0. The molecule has 0 bridgehead atoms. The van der Waals surface area contributed by atoms with Gasteiger partial charge in [-0.2, -0.15) is 0 Å². The summed E-state index contributed by atoms with van der Waals surface area (Å²) in [4.78, 5) is 16.3. The highest BCUT2D eigenvalue weighted by Gasteiger charge is 2.17. The highest BCUT2D eigenvalue weighted by atomic mass is 32.2. The molecule has 0 aliphatic heterocycles. The lowest BCUT2D eigenvalue weighted by molar-refractivity contribution is 0.0520. The van der Waals surface area contributed by atoms with Crippen molar-refractivity contribution in [2.75, 3.05) is 6.61 Å². The van der Waals surface area contributed by atoms with Crippen LogP contribution in [0.2, 0.25) is 0 Å². The Morgan fingerprint density at radius 1 is 1.10 bits per heavy atom. The van der Waals surface area contributed by atoms with Crippen LogP contribution in [0.15, 0.2) is 65.1 Å². The van der Waals surface area contributed by atoms with Crippen molar-refractivity contribution in [3.63, 3.8) is 0 Å². The van der Waals surface area contributed by atoms with Crippen LogP contribution in [0.1, 0.15) is 39.4 Å². The molecule has 0 saturated heterocycles. The van der Waals surface area contributed by atoms with E-state index in [0.29, 0.717) is 24.5 Å². The lowest BCUT2D eigenvalue weighted by Gasteiger charge is -2.10. The first-order chi connectivity index (χ1) is 15.1. The third-order valence-electron chi connectivity index (χ3n) is 4.56. The first kappa shape index (κ1) is 21.3. The largest absolute Gasteiger partial charge is 0.461 e. The van der Waals surface area contributed by atoms with Crippen molar-refractivity contribution in [1.29, 1.82) is 0 Å². The normalized spacial score (nSPS) is 10.9. The number of hydrogen-bond acceptors (Lipinski definition) is 7. The number of ether oxygens (including phenoxy) is 1. The van der Waals surface area contributed by atoms with Crippen molar-refractivity contribution in [2.24, 2.45) is 0 Å². The van der Waals surface area contributed by atoms with Gasteiger partial charge in [-0.25, -0.2) is 9.78 Å². The van der Waals surface area contributed by atoms with E-state index < -0.39 is 0 Å². The summed E-state index contributed by atoms with van der Waals surface area (Å²) >= 11 is 3.00. The third kappa shape index (κ3) is 5.21. The van der Waals surface area contributed by atoms with E-state index in [2.05, 4.69) is 63.1 Å². The van der Waals surface area contributed by atoms with Gasteiger partial charge in [0, 0.05) is 17.5 Å². The molecule has 158 valence electrons.